The van der Waals surface area contributed by atoms with Crippen molar-refractivity contribution in [3.8, 4) is 17.2 Å². The van der Waals surface area contributed by atoms with E-state index in [1.807, 2.05) is 0 Å². The first kappa shape index (κ1) is 26.2. The van der Waals surface area contributed by atoms with Crippen molar-refractivity contribution in [3.05, 3.63) is 87.4 Å². The number of carbonyl (C=O) groups is 2. The molecule has 1 unspecified atom stereocenters. The van der Waals surface area contributed by atoms with Crippen LogP contribution in [0.25, 0.3) is 5.76 Å². The minimum Gasteiger partial charge on any atom is -0.508 e. The third-order valence-corrected chi connectivity index (χ3v) is 5.95. The zero-order chi connectivity index (χ0) is 27.1. The molecule has 0 aromatic heterocycles. The van der Waals surface area contributed by atoms with E-state index in [-0.39, 0.29) is 38.4 Å². The zero-order valence-electron chi connectivity index (χ0n) is 18.7. The molecule has 2 N–H and O–H groups in total. The number of aromatic hydroxyl groups is 1. The third-order valence-electron chi connectivity index (χ3n) is 5.45. The summed E-state index contributed by atoms with van der Waals surface area (Å²) in [7, 11) is 1.27. The molecule has 1 atom stereocenters. The van der Waals surface area contributed by atoms with E-state index in [1.54, 1.807) is 0 Å². The maximum atomic E-state index is 13.3. The van der Waals surface area contributed by atoms with Gasteiger partial charge in [0, 0.05) is 16.8 Å². The fourth-order valence-electron chi connectivity index (χ4n) is 3.99. The summed E-state index contributed by atoms with van der Waals surface area (Å²) in [6.45, 7) is 0. The Bertz CT molecular complexity index is 1420. The van der Waals surface area contributed by atoms with Crippen molar-refractivity contribution >= 4 is 46.3 Å². The number of ketones is 1. The fourth-order valence-corrected chi connectivity index (χ4v) is 4.56. The smallest absolute Gasteiger partial charge is 0.508 e. The Morgan fingerprint density at radius 3 is 2.32 bits per heavy atom. The molecule has 0 radical (unpaired) electrons. The van der Waals surface area contributed by atoms with Gasteiger partial charge in [-0.05, 0) is 42.0 Å². The summed E-state index contributed by atoms with van der Waals surface area (Å²) < 4.78 is 47.6. The van der Waals surface area contributed by atoms with Crippen LogP contribution in [0.3, 0.4) is 0 Å². The highest BCUT2D eigenvalue weighted by Crippen LogP contribution is 2.45. The van der Waals surface area contributed by atoms with E-state index in [0.717, 1.165) is 17.0 Å². The number of hydrogen-bond donors (Lipinski definition) is 2. The van der Waals surface area contributed by atoms with Gasteiger partial charge in [0.05, 0.1) is 29.3 Å². The number of benzene rings is 3. The fraction of sp³-hybridized carbons (Fsp3) is 0.120. The van der Waals surface area contributed by atoms with E-state index < -0.39 is 41.2 Å². The molecule has 0 spiro atoms. The lowest BCUT2D eigenvalue weighted by Gasteiger charge is -2.26. The lowest BCUT2D eigenvalue weighted by atomic mass is 9.94. The van der Waals surface area contributed by atoms with E-state index in [1.165, 1.54) is 55.6 Å². The Hall–Kier alpha value is -3.89. The summed E-state index contributed by atoms with van der Waals surface area (Å²) >= 11 is 12.3. The second kappa shape index (κ2) is 9.87. The molecule has 37 heavy (non-hydrogen) atoms. The van der Waals surface area contributed by atoms with Crippen molar-refractivity contribution in [2.24, 2.45) is 0 Å². The average molecular weight is 554 g/mol. The number of aliphatic hydroxyl groups excluding tert-OH is 1. The lowest BCUT2D eigenvalue weighted by molar-refractivity contribution is -0.274. The molecule has 1 heterocycles. The van der Waals surface area contributed by atoms with Crippen LogP contribution in [0.4, 0.5) is 18.9 Å². The van der Waals surface area contributed by atoms with Crippen molar-refractivity contribution in [2.75, 3.05) is 12.0 Å². The van der Waals surface area contributed by atoms with Crippen LogP contribution in [-0.2, 0) is 9.59 Å². The average Bonchev–Trinajstić information content (AvgIpc) is 3.08. The minimum atomic E-state index is -4.99. The van der Waals surface area contributed by atoms with Gasteiger partial charge in [0.15, 0.2) is 0 Å². The molecular weight excluding hydrogens is 538 g/mol. The van der Waals surface area contributed by atoms with Gasteiger partial charge < -0.3 is 19.7 Å². The van der Waals surface area contributed by atoms with Crippen LogP contribution in [-0.4, -0.2) is 35.4 Å². The highest BCUT2D eigenvalue weighted by atomic mass is 35.5. The molecule has 4 rings (SSSR count). The molecule has 1 saturated heterocycles. The quantitative estimate of drug-likeness (QED) is 0.221. The summed E-state index contributed by atoms with van der Waals surface area (Å²) in [5.41, 5.74) is -0.352. The molecule has 0 aliphatic carbocycles. The maximum Gasteiger partial charge on any atom is 0.573 e. The highest BCUT2D eigenvalue weighted by molar-refractivity contribution is 6.52. The van der Waals surface area contributed by atoms with Crippen LogP contribution in [0, 0.1) is 0 Å². The number of halogens is 5. The largest absolute Gasteiger partial charge is 0.573 e. The standard InChI is InChI=1S/C25H16Cl2F3NO6/c1-36-23-17(9-13(26)10-18(23)27)21(33)19-20(12-5-7-15(32)8-6-12)31(24(35)22(19)34)14-3-2-4-16(11-14)37-25(28,29)30/h2-11,20,32-33H,1H3/b21-19+. The van der Waals surface area contributed by atoms with Gasteiger partial charge in [-0.25, -0.2) is 0 Å². The number of hydrogen-bond acceptors (Lipinski definition) is 6. The first-order chi connectivity index (χ1) is 17.4. The van der Waals surface area contributed by atoms with Crippen molar-refractivity contribution in [2.45, 2.75) is 12.4 Å². The van der Waals surface area contributed by atoms with Gasteiger partial charge in [0.2, 0.25) is 0 Å². The second-order valence-electron chi connectivity index (χ2n) is 7.77. The molecule has 192 valence electrons. The number of anilines is 1. The Labute approximate surface area is 217 Å². The van der Waals surface area contributed by atoms with Crippen LogP contribution in [0.15, 0.2) is 66.2 Å². The van der Waals surface area contributed by atoms with Gasteiger partial charge >= 0.3 is 6.36 Å². The van der Waals surface area contributed by atoms with Crippen molar-refractivity contribution in [1.82, 2.24) is 0 Å². The third kappa shape index (κ3) is 5.16. The summed E-state index contributed by atoms with van der Waals surface area (Å²) in [6.07, 6.45) is -4.99. The molecule has 1 aliphatic rings. The zero-order valence-corrected chi connectivity index (χ0v) is 20.2. The maximum absolute atomic E-state index is 13.3. The number of nitrogens with zero attached hydrogens (tertiary/aromatic N) is 1. The van der Waals surface area contributed by atoms with Gasteiger partial charge in [-0.1, -0.05) is 41.4 Å². The molecule has 7 nitrogen and oxygen atoms in total. The predicted octanol–water partition coefficient (Wildman–Crippen LogP) is 6.23. The Kier molecular flexibility index (Phi) is 6.98. The number of methoxy groups -OCH3 is 1. The Morgan fingerprint density at radius 1 is 1.03 bits per heavy atom. The number of phenols is 1. The van der Waals surface area contributed by atoms with Crippen LogP contribution in [0.2, 0.25) is 10.0 Å². The van der Waals surface area contributed by atoms with E-state index in [2.05, 4.69) is 4.74 Å². The van der Waals surface area contributed by atoms with Gasteiger partial charge in [-0.15, -0.1) is 13.2 Å². The summed E-state index contributed by atoms with van der Waals surface area (Å²) in [6, 6.07) is 11.2. The van der Waals surface area contributed by atoms with Crippen LogP contribution in [0.1, 0.15) is 17.2 Å². The molecule has 3 aromatic rings. The molecule has 0 saturated carbocycles. The van der Waals surface area contributed by atoms with Gasteiger partial charge in [0.25, 0.3) is 11.7 Å². The number of aliphatic hydroxyl groups is 1. The summed E-state index contributed by atoms with van der Waals surface area (Å²) in [5, 5.41) is 21.1. The normalized spacial score (nSPS) is 17.2. The number of carbonyl (C=O) groups excluding carboxylic acids is 2. The van der Waals surface area contributed by atoms with Crippen LogP contribution in [0.5, 0.6) is 17.2 Å². The summed E-state index contributed by atoms with van der Waals surface area (Å²) in [5.74, 6) is -3.71. The molecule has 3 aromatic carbocycles. The van der Waals surface area contributed by atoms with E-state index in [9.17, 15) is 33.0 Å². The summed E-state index contributed by atoms with van der Waals surface area (Å²) in [4.78, 5) is 27.4. The van der Waals surface area contributed by atoms with Crippen LogP contribution >= 0.6 is 23.2 Å². The Balaban J connectivity index is 1.96. The first-order valence-corrected chi connectivity index (χ1v) is 11.2. The minimum absolute atomic E-state index is 0.0176. The molecule has 12 heteroatoms. The number of rotatable bonds is 5. The molecule has 1 fully saturated rings. The molecular formula is C25H16Cl2F3NO6. The number of ether oxygens (including phenoxy) is 2. The number of Topliss-reactive ketones (excluding diaryl/α,β-unsaturated/α-hetero) is 1. The van der Waals surface area contributed by atoms with Crippen molar-refractivity contribution in [3.63, 3.8) is 0 Å². The molecule has 0 bridgehead atoms. The monoisotopic (exact) mass is 553 g/mol. The van der Waals surface area contributed by atoms with E-state index in [4.69, 9.17) is 27.9 Å². The van der Waals surface area contributed by atoms with E-state index >= 15 is 0 Å². The predicted molar refractivity (Wildman–Crippen MR) is 129 cm³/mol. The van der Waals surface area contributed by atoms with Crippen molar-refractivity contribution < 1.29 is 42.4 Å². The molecule has 1 aliphatic heterocycles. The topological polar surface area (TPSA) is 96.3 Å². The second-order valence-corrected chi connectivity index (χ2v) is 8.62. The van der Waals surface area contributed by atoms with E-state index in [0.29, 0.717) is 0 Å². The van der Waals surface area contributed by atoms with Crippen molar-refractivity contribution in [1.29, 1.82) is 0 Å². The first-order valence-electron chi connectivity index (χ1n) is 10.4. The van der Waals surface area contributed by atoms with Gasteiger partial charge in [0.1, 0.15) is 23.0 Å². The molecule has 1 amide bonds. The van der Waals surface area contributed by atoms with Gasteiger partial charge in [-0.3, -0.25) is 14.5 Å². The number of amides is 1. The Morgan fingerprint density at radius 2 is 1.70 bits per heavy atom. The number of alkyl halides is 3. The van der Waals surface area contributed by atoms with Crippen LogP contribution < -0.4 is 14.4 Å². The SMILES string of the molecule is COc1c(Cl)cc(Cl)cc1/C(O)=C1\C(=O)C(=O)N(c2cccc(OC(F)(F)F)c2)C1c1ccc(O)cc1. The highest BCUT2D eigenvalue weighted by Gasteiger charge is 2.47. The lowest BCUT2D eigenvalue weighted by Crippen LogP contribution is -2.29. The van der Waals surface area contributed by atoms with Gasteiger partial charge in [-0.2, -0.15) is 0 Å². The number of phenolic OH excluding ortho intramolecular Hbond substituents is 1.